The monoisotopic (exact) mass is 169 g/mol. The summed E-state index contributed by atoms with van der Waals surface area (Å²) >= 11 is 0. The van der Waals surface area contributed by atoms with Crippen LogP contribution in [0.1, 0.15) is 19.3 Å². The van der Waals surface area contributed by atoms with E-state index in [2.05, 4.69) is 22.2 Å². The second-order valence-corrected chi connectivity index (χ2v) is 4.05. The zero-order valence-electron chi connectivity index (χ0n) is 7.92. The summed E-state index contributed by atoms with van der Waals surface area (Å²) in [5, 5.41) is 3.47. The Hall–Kier alpha value is -0.120. The van der Waals surface area contributed by atoms with Crippen molar-refractivity contribution in [2.75, 3.05) is 33.5 Å². The Balaban J connectivity index is 1.94. The molecule has 2 fully saturated rings. The number of nitrogens with zero attached hydrogens (tertiary/aromatic N) is 2. The SMILES string of the molecule is CN1CCC2CCCNCN2C1. The maximum Gasteiger partial charge on any atom is 0.0518 e. The summed E-state index contributed by atoms with van der Waals surface area (Å²) in [5.41, 5.74) is 0. The maximum atomic E-state index is 3.47. The molecular weight excluding hydrogens is 150 g/mol. The highest BCUT2D eigenvalue weighted by atomic mass is 15.4. The van der Waals surface area contributed by atoms with Gasteiger partial charge in [0.05, 0.1) is 6.67 Å². The lowest BCUT2D eigenvalue weighted by Gasteiger charge is -2.38. The Morgan fingerprint density at radius 1 is 1.33 bits per heavy atom. The van der Waals surface area contributed by atoms with Gasteiger partial charge >= 0.3 is 0 Å². The van der Waals surface area contributed by atoms with Crippen molar-refractivity contribution >= 4 is 0 Å². The molecule has 0 spiro atoms. The fourth-order valence-corrected chi connectivity index (χ4v) is 2.24. The first-order valence-corrected chi connectivity index (χ1v) is 4.99. The molecule has 1 unspecified atom stereocenters. The first kappa shape index (κ1) is 8.48. The van der Waals surface area contributed by atoms with Gasteiger partial charge in [-0.25, -0.2) is 0 Å². The van der Waals surface area contributed by atoms with E-state index in [1.807, 2.05) is 0 Å². The summed E-state index contributed by atoms with van der Waals surface area (Å²) in [6, 6.07) is 0.858. The molecule has 0 aromatic heterocycles. The minimum Gasteiger partial charge on any atom is -0.304 e. The van der Waals surface area contributed by atoms with Crippen LogP contribution in [-0.4, -0.2) is 49.3 Å². The minimum absolute atomic E-state index is 0.858. The van der Waals surface area contributed by atoms with Crippen molar-refractivity contribution in [2.45, 2.75) is 25.3 Å². The lowest BCUT2D eigenvalue weighted by Crippen LogP contribution is -2.50. The molecular formula is C9H19N3. The van der Waals surface area contributed by atoms with Gasteiger partial charge in [0, 0.05) is 19.3 Å². The molecule has 2 aliphatic rings. The van der Waals surface area contributed by atoms with E-state index in [4.69, 9.17) is 0 Å². The van der Waals surface area contributed by atoms with Crippen molar-refractivity contribution < 1.29 is 0 Å². The van der Waals surface area contributed by atoms with Crippen molar-refractivity contribution in [3.8, 4) is 0 Å². The third-order valence-electron chi connectivity index (χ3n) is 2.99. The molecule has 70 valence electrons. The Morgan fingerprint density at radius 3 is 3.17 bits per heavy atom. The van der Waals surface area contributed by atoms with E-state index < -0.39 is 0 Å². The van der Waals surface area contributed by atoms with Crippen molar-refractivity contribution in [1.29, 1.82) is 0 Å². The molecule has 3 heteroatoms. The quantitative estimate of drug-likeness (QED) is 0.562. The Bertz CT molecular complexity index is 149. The molecule has 0 saturated carbocycles. The van der Waals surface area contributed by atoms with Crippen LogP contribution in [0.15, 0.2) is 0 Å². The highest BCUT2D eigenvalue weighted by Crippen LogP contribution is 2.17. The van der Waals surface area contributed by atoms with Crippen molar-refractivity contribution in [3.63, 3.8) is 0 Å². The highest BCUT2D eigenvalue weighted by molar-refractivity contribution is 4.79. The summed E-state index contributed by atoms with van der Waals surface area (Å²) in [6.07, 6.45) is 4.10. The molecule has 2 rings (SSSR count). The van der Waals surface area contributed by atoms with Crippen LogP contribution in [0.2, 0.25) is 0 Å². The van der Waals surface area contributed by atoms with Crippen LogP contribution >= 0.6 is 0 Å². The number of hydrogen-bond acceptors (Lipinski definition) is 3. The van der Waals surface area contributed by atoms with E-state index in [0.29, 0.717) is 0 Å². The van der Waals surface area contributed by atoms with Gasteiger partial charge in [0.1, 0.15) is 0 Å². The maximum absolute atomic E-state index is 3.47. The smallest absolute Gasteiger partial charge is 0.0518 e. The van der Waals surface area contributed by atoms with Gasteiger partial charge in [-0.05, 0) is 32.9 Å². The Kier molecular flexibility index (Phi) is 2.63. The van der Waals surface area contributed by atoms with Crippen LogP contribution in [0.5, 0.6) is 0 Å². The van der Waals surface area contributed by atoms with Gasteiger partial charge in [-0.1, -0.05) is 0 Å². The summed E-state index contributed by atoms with van der Waals surface area (Å²) in [4.78, 5) is 4.97. The van der Waals surface area contributed by atoms with E-state index in [1.54, 1.807) is 0 Å². The number of nitrogens with one attached hydrogen (secondary N) is 1. The van der Waals surface area contributed by atoms with Crippen molar-refractivity contribution in [3.05, 3.63) is 0 Å². The zero-order valence-corrected chi connectivity index (χ0v) is 7.92. The van der Waals surface area contributed by atoms with E-state index in [0.717, 1.165) is 19.4 Å². The Labute approximate surface area is 74.7 Å². The molecule has 2 heterocycles. The molecule has 1 N–H and O–H groups in total. The molecule has 0 radical (unpaired) electrons. The fraction of sp³-hybridized carbons (Fsp3) is 1.00. The summed E-state index contributed by atoms with van der Waals surface area (Å²) < 4.78 is 0. The van der Waals surface area contributed by atoms with Crippen LogP contribution in [-0.2, 0) is 0 Å². The van der Waals surface area contributed by atoms with Crippen molar-refractivity contribution in [1.82, 2.24) is 15.1 Å². The van der Waals surface area contributed by atoms with Gasteiger partial charge in [0.15, 0.2) is 0 Å². The third-order valence-corrected chi connectivity index (χ3v) is 2.99. The fourth-order valence-electron chi connectivity index (χ4n) is 2.24. The van der Waals surface area contributed by atoms with Gasteiger partial charge in [-0.3, -0.25) is 9.80 Å². The van der Waals surface area contributed by atoms with Gasteiger partial charge in [-0.15, -0.1) is 0 Å². The van der Waals surface area contributed by atoms with Gasteiger partial charge in [-0.2, -0.15) is 0 Å². The average molecular weight is 169 g/mol. The van der Waals surface area contributed by atoms with Gasteiger partial charge < -0.3 is 5.32 Å². The van der Waals surface area contributed by atoms with Gasteiger partial charge in [0.25, 0.3) is 0 Å². The first-order chi connectivity index (χ1) is 5.86. The standard InChI is InChI=1S/C9H19N3/c1-11-6-4-9-3-2-5-10-7-12(9)8-11/h9-10H,2-8H2,1H3. The third kappa shape index (κ3) is 1.79. The highest BCUT2D eigenvalue weighted by Gasteiger charge is 2.25. The normalized spacial score (nSPS) is 34.2. The topological polar surface area (TPSA) is 18.5 Å². The number of rotatable bonds is 0. The van der Waals surface area contributed by atoms with E-state index in [9.17, 15) is 0 Å². The summed E-state index contributed by atoms with van der Waals surface area (Å²) in [7, 11) is 2.21. The molecule has 2 saturated heterocycles. The van der Waals surface area contributed by atoms with Crippen LogP contribution in [0.4, 0.5) is 0 Å². The molecule has 2 aliphatic heterocycles. The molecule has 0 amide bonds. The molecule has 0 aromatic carbocycles. The van der Waals surface area contributed by atoms with Gasteiger partial charge in [0.2, 0.25) is 0 Å². The average Bonchev–Trinajstić information content (AvgIpc) is 2.28. The minimum atomic E-state index is 0.858. The second kappa shape index (κ2) is 3.73. The predicted octanol–water partition coefficient (Wildman–Crippen LogP) is 0.291. The van der Waals surface area contributed by atoms with E-state index >= 15 is 0 Å². The van der Waals surface area contributed by atoms with Crippen LogP contribution < -0.4 is 5.32 Å². The Morgan fingerprint density at radius 2 is 2.25 bits per heavy atom. The first-order valence-electron chi connectivity index (χ1n) is 4.99. The van der Waals surface area contributed by atoms with Crippen LogP contribution in [0.25, 0.3) is 0 Å². The summed E-state index contributed by atoms with van der Waals surface area (Å²) in [5.74, 6) is 0. The largest absolute Gasteiger partial charge is 0.304 e. The van der Waals surface area contributed by atoms with E-state index in [1.165, 1.54) is 32.4 Å². The molecule has 0 aromatic rings. The number of hydrogen-bond donors (Lipinski definition) is 1. The predicted molar refractivity (Wildman–Crippen MR) is 49.8 cm³/mol. The molecule has 1 atom stereocenters. The van der Waals surface area contributed by atoms with Crippen molar-refractivity contribution in [2.24, 2.45) is 0 Å². The van der Waals surface area contributed by atoms with E-state index in [-0.39, 0.29) is 0 Å². The molecule has 0 aliphatic carbocycles. The second-order valence-electron chi connectivity index (χ2n) is 4.05. The zero-order chi connectivity index (χ0) is 8.39. The molecule has 3 nitrogen and oxygen atoms in total. The molecule has 12 heavy (non-hydrogen) atoms. The van der Waals surface area contributed by atoms with Crippen LogP contribution in [0.3, 0.4) is 0 Å². The number of fused-ring (bicyclic) bond motifs is 1. The lowest BCUT2D eigenvalue weighted by molar-refractivity contribution is 0.0530. The van der Waals surface area contributed by atoms with Crippen LogP contribution in [0, 0.1) is 0 Å². The molecule has 0 bridgehead atoms. The lowest BCUT2D eigenvalue weighted by atomic mass is 10.1. The summed E-state index contributed by atoms with van der Waals surface area (Å²) in [6.45, 7) is 4.73.